The lowest BCUT2D eigenvalue weighted by atomic mass is 9.91. The first-order chi connectivity index (χ1) is 23.8. The van der Waals surface area contributed by atoms with Crippen LogP contribution >= 0.6 is 0 Å². The molecule has 48 heavy (non-hydrogen) atoms. The summed E-state index contributed by atoms with van der Waals surface area (Å²) in [6.45, 7) is 0. The topological polar surface area (TPSA) is 52.9 Å². The van der Waals surface area contributed by atoms with Crippen molar-refractivity contribution in [3.8, 4) is 0 Å². The van der Waals surface area contributed by atoms with E-state index in [0.717, 1.165) is 89.3 Å². The number of aromatic amines is 1. The molecule has 9 rings (SSSR count). The molecule has 5 aromatic rings. The summed E-state index contributed by atoms with van der Waals surface area (Å²) >= 11 is 0. The second-order valence-electron chi connectivity index (χ2n) is 12.1. The van der Waals surface area contributed by atoms with Crippen LogP contribution in [0.5, 0.6) is 0 Å². The lowest BCUT2D eigenvalue weighted by molar-refractivity contribution is 1.23. The van der Waals surface area contributed by atoms with Crippen LogP contribution in [0.4, 0.5) is 0 Å². The van der Waals surface area contributed by atoms with Gasteiger partial charge in [-0.3, -0.25) is 4.99 Å². The average molecular weight is 615 g/mol. The largest absolute Gasteiger partial charge is 0.354 e. The second kappa shape index (κ2) is 11.8. The van der Waals surface area contributed by atoms with Gasteiger partial charge in [0.25, 0.3) is 0 Å². The van der Waals surface area contributed by atoms with Crippen LogP contribution in [-0.4, -0.2) is 22.1 Å². The van der Waals surface area contributed by atoms with Gasteiger partial charge in [0.15, 0.2) is 0 Å². The number of hydrogen-bond donors (Lipinski definition) is 1. The quantitative estimate of drug-likeness (QED) is 0.213. The minimum Gasteiger partial charge on any atom is -0.354 e. The molecule has 0 unspecified atom stereocenters. The predicted octanol–water partition coefficient (Wildman–Crippen LogP) is 8.00. The van der Waals surface area contributed by atoms with Gasteiger partial charge < -0.3 is 4.98 Å². The van der Waals surface area contributed by atoms with Gasteiger partial charge in [-0.15, -0.1) is 0 Å². The molecule has 4 nitrogen and oxygen atoms in total. The summed E-state index contributed by atoms with van der Waals surface area (Å²) in [7, 11) is 0. The fourth-order valence-electron chi connectivity index (χ4n) is 6.97. The van der Waals surface area contributed by atoms with Gasteiger partial charge in [-0.1, -0.05) is 121 Å². The number of H-pyrrole nitrogens is 1. The summed E-state index contributed by atoms with van der Waals surface area (Å²) in [5, 5.41) is 2.05. The highest BCUT2D eigenvalue weighted by molar-refractivity contribution is 6.36. The predicted molar refractivity (Wildman–Crippen MR) is 198 cm³/mol. The zero-order valence-corrected chi connectivity index (χ0v) is 26.1. The van der Waals surface area contributed by atoms with Crippen molar-refractivity contribution in [3.63, 3.8) is 0 Å². The lowest BCUT2D eigenvalue weighted by Gasteiger charge is -2.13. The molecule has 1 N–H and O–H groups in total. The molecule has 8 bridgehead atoms. The normalized spacial score (nSPS) is 16.8. The third-order valence-corrected chi connectivity index (χ3v) is 9.12. The molecule has 226 valence electrons. The first-order valence-electron chi connectivity index (χ1n) is 16.2. The molecule has 4 aliphatic rings. The Bertz CT molecular complexity index is 2470. The maximum absolute atomic E-state index is 5.33. The van der Waals surface area contributed by atoms with E-state index in [0.29, 0.717) is 6.42 Å². The van der Waals surface area contributed by atoms with Crippen LogP contribution in [0.2, 0.25) is 0 Å². The summed E-state index contributed by atoms with van der Waals surface area (Å²) < 4.78 is 0. The Balaban J connectivity index is 1.38. The first-order valence-corrected chi connectivity index (χ1v) is 16.2. The number of allylic oxidation sites excluding steroid dienone is 7. The van der Waals surface area contributed by atoms with E-state index in [-0.39, 0.29) is 0 Å². The minimum absolute atomic E-state index is 0.682. The number of fused-ring (bicyclic) bond motifs is 6. The molecule has 5 heterocycles. The van der Waals surface area contributed by atoms with Crippen LogP contribution in [0.1, 0.15) is 28.7 Å². The van der Waals surface area contributed by atoms with Crippen molar-refractivity contribution in [1.29, 1.82) is 0 Å². The van der Waals surface area contributed by atoms with Crippen LogP contribution in [0.25, 0.3) is 22.3 Å². The number of benzene rings is 4. The highest BCUT2D eigenvalue weighted by Gasteiger charge is 2.26. The van der Waals surface area contributed by atoms with Crippen LogP contribution < -0.4 is 10.7 Å². The Hall–Kier alpha value is -6.39. The number of rotatable bonds is 4. The Labute approximate surface area is 279 Å². The van der Waals surface area contributed by atoms with E-state index < -0.39 is 0 Å². The van der Waals surface area contributed by atoms with Gasteiger partial charge in [-0.25, -0.2) is 9.98 Å². The summed E-state index contributed by atoms with van der Waals surface area (Å²) in [6, 6.07) is 46.4. The Kier molecular flexibility index (Phi) is 6.83. The maximum Gasteiger partial charge on any atom is 0.0738 e. The molecule has 0 aliphatic carbocycles. The average Bonchev–Trinajstić information content (AvgIpc) is 3.98. The molecular formula is C44H30N4. The van der Waals surface area contributed by atoms with Gasteiger partial charge in [0.2, 0.25) is 0 Å². The zero-order chi connectivity index (χ0) is 31.9. The molecular weight excluding hydrogens is 585 g/mol. The summed E-state index contributed by atoms with van der Waals surface area (Å²) in [5.74, 6) is 0. The second-order valence-corrected chi connectivity index (χ2v) is 12.1. The standard InChI is InChI=1S/C44H30N4/c1-5-13-29(14-6-1)41-33-27-40(45-28-33)44(32-19-11-4-12-20-32)39-26-25-38(48-39)43(31-17-9-3-10-18-31)37-24-23-36(47-37)42(30-15-7-2-8-16-30)35-22-21-34(41)46-35/h1-26,28,46H,27H2. The van der Waals surface area contributed by atoms with E-state index in [9.17, 15) is 0 Å². The van der Waals surface area contributed by atoms with Crippen molar-refractivity contribution >= 4 is 39.4 Å². The molecule has 0 atom stereocenters. The molecule has 0 saturated carbocycles. The number of aliphatic imine (C=N–C) groups is 3. The van der Waals surface area contributed by atoms with E-state index in [4.69, 9.17) is 15.0 Å². The maximum atomic E-state index is 5.33. The summed E-state index contributed by atoms with van der Waals surface area (Å²) in [5.41, 5.74) is 14.4. The number of hydrogen-bond acceptors (Lipinski definition) is 3. The number of nitrogens with one attached hydrogen (secondary N) is 1. The number of nitrogens with zero attached hydrogens (tertiary/aromatic N) is 3. The highest BCUT2D eigenvalue weighted by Crippen LogP contribution is 2.37. The van der Waals surface area contributed by atoms with Crippen molar-refractivity contribution in [3.05, 3.63) is 214 Å². The Morgan fingerprint density at radius 3 is 1.42 bits per heavy atom. The van der Waals surface area contributed by atoms with E-state index in [2.05, 4.69) is 151 Å². The lowest BCUT2D eigenvalue weighted by Crippen LogP contribution is -2.19. The van der Waals surface area contributed by atoms with Gasteiger partial charge in [0.05, 0.1) is 28.5 Å². The van der Waals surface area contributed by atoms with E-state index >= 15 is 0 Å². The molecule has 0 spiro atoms. The van der Waals surface area contributed by atoms with Gasteiger partial charge >= 0.3 is 0 Å². The fourth-order valence-corrected chi connectivity index (χ4v) is 6.97. The first kappa shape index (κ1) is 27.9. The third kappa shape index (κ3) is 4.91. The van der Waals surface area contributed by atoms with Gasteiger partial charge in [0.1, 0.15) is 0 Å². The number of aromatic nitrogens is 1. The SMILES string of the molecule is C1=CC2=C(c3ccccc3)C3=NC=C(C3)C(c3ccccc3)=c3ccc([nH]3)=C(c3ccccc3)C3=NC(=C(c4ccccc4)C1=N2)C=C3. The zero-order valence-electron chi connectivity index (χ0n) is 26.1. The molecule has 4 heteroatoms. The molecule has 4 aromatic carbocycles. The van der Waals surface area contributed by atoms with Crippen LogP contribution in [0.3, 0.4) is 0 Å². The van der Waals surface area contributed by atoms with Crippen LogP contribution in [0, 0.1) is 0 Å². The monoisotopic (exact) mass is 614 g/mol. The fraction of sp³-hybridized carbons (Fsp3) is 0.0227. The van der Waals surface area contributed by atoms with E-state index in [1.54, 1.807) is 0 Å². The Morgan fingerprint density at radius 1 is 0.417 bits per heavy atom. The van der Waals surface area contributed by atoms with Gasteiger partial charge in [-0.05, 0) is 64.3 Å². The summed E-state index contributed by atoms with van der Waals surface area (Å²) in [4.78, 5) is 19.6. The minimum atomic E-state index is 0.682. The smallest absolute Gasteiger partial charge is 0.0738 e. The van der Waals surface area contributed by atoms with Crippen molar-refractivity contribution < 1.29 is 0 Å². The molecule has 4 aliphatic heterocycles. The van der Waals surface area contributed by atoms with Crippen molar-refractivity contribution in [2.75, 3.05) is 0 Å². The molecule has 0 saturated heterocycles. The van der Waals surface area contributed by atoms with Gasteiger partial charge in [-0.2, -0.15) is 0 Å². The van der Waals surface area contributed by atoms with Crippen molar-refractivity contribution in [1.82, 2.24) is 4.98 Å². The van der Waals surface area contributed by atoms with E-state index in [1.807, 2.05) is 18.3 Å². The van der Waals surface area contributed by atoms with Gasteiger partial charge in [0, 0.05) is 45.6 Å². The summed E-state index contributed by atoms with van der Waals surface area (Å²) in [6.07, 6.45) is 11.2. The molecule has 0 amide bonds. The van der Waals surface area contributed by atoms with Crippen molar-refractivity contribution in [2.24, 2.45) is 15.0 Å². The molecule has 1 aromatic heterocycles. The van der Waals surface area contributed by atoms with Crippen molar-refractivity contribution in [2.45, 2.75) is 6.42 Å². The third-order valence-electron chi connectivity index (χ3n) is 9.12. The van der Waals surface area contributed by atoms with E-state index in [1.165, 1.54) is 0 Å². The van der Waals surface area contributed by atoms with Crippen LogP contribution in [0.15, 0.2) is 196 Å². The molecule has 0 radical (unpaired) electrons. The molecule has 0 fully saturated rings. The Morgan fingerprint density at radius 2 is 0.854 bits per heavy atom. The highest BCUT2D eigenvalue weighted by atomic mass is 14.8. The van der Waals surface area contributed by atoms with Crippen LogP contribution in [-0.2, 0) is 0 Å².